The van der Waals surface area contributed by atoms with Gasteiger partial charge >= 0.3 is 0 Å². The topological polar surface area (TPSA) is 62.2 Å². The van der Waals surface area contributed by atoms with Gasteiger partial charge in [-0.25, -0.2) is 8.78 Å². The molecule has 0 spiro atoms. The molecule has 2 rings (SSSR count). The second-order valence-electron chi connectivity index (χ2n) is 4.24. The summed E-state index contributed by atoms with van der Waals surface area (Å²) in [4.78, 5) is 15.5. The number of amides is 1. The first-order valence-electron chi connectivity index (χ1n) is 5.99. The van der Waals surface area contributed by atoms with Crippen molar-refractivity contribution >= 4 is 17.5 Å². The highest BCUT2D eigenvalue weighted by Crippen LogP contribution is 2.20. The normalized spacial score (nSPS) is 12.0. The molecule has 1 amide bonds. The molecule has 0 fully saturated rings. The van der Waals surface area contributed by atoms with E-state index in [-0.39, 0.29) is 10.6 Å². The molecule has 4 nitrogen and oxygen atoms in total. The van der Waals surface area contributed by atoms with Crippen LogP contribution in [0.25, 0.3) is 0 Å². The van der Waals surface area contributed by atoms with Crippen molar-refractivity contribution in [1.82, 2.24) is 10.3 Å². The molecule has 0 aliphatic carbocycles. The molecule has 0 aliphatic heterocycles. The lowest BCUT2D eigenvalue weighted by Crippen LogP contribution is -2.31. The molecule has 0 saturated carbocycles. The first kappa shape index (κ1) is 15.3. The number of halogens is 3. The fraction of sp³-hybridized carbons (Fsp3) is 0.143. The zero-order chi connectivity index (χ0) is 15.4. The number of carbonyl (C=O) groups excluding carboxylic acids is 1. The van der Waals surface area contributed by atoms with E-state index in [0.29, 0.717) is 5.56 Å². The Morgan fingerprint density at radius 3 is 2.71 bits per heavy atom. The molecule has 7 heteroatoms. The van der Waals surface area contributed by atoms with Crippen LogP contribution in [0, 0.1) is 11.6 Å². The molecule has 1 aromatic carbocycles. The van der Waals surface area contributed by atoms with E-state index in [4.69, 9.17) is 11.6 Å². The van der Waals surface area contributed by atoms with Gasteiger partial charge in [-0.05, 0) is 23.8 Å². The molecule has 0 saturated heterocycles. The molecule has 1 heterocycles. The second-order valence-corrected chi connectivity index (χ2v) is 4.64. The minimum Gasteiger partial charge on any atom is -0.394 e. The lowest BCUT2D eigenvalue weighted by molar-refractivity contribution is 0.0911. The monoisotopic (exact) mass is 312 g/mol. The van der Waals surface area contributed by atoms with Crippen molar-refractivity contribution in [2.75, 3.05) is 6.61 Å². The number of hydrogen-bond acceptors (Lipinski definition) is 3. The van der Waals surface area contributed by atoms with Crippen molar-refractivity contribution in [3.8, 4) is 0 Å². The Labute approximate surface area is 124 Å². The number of nitrogens with one attached hydrogen (secondary N) is 1. The van der Waals surface area contributed by atoms with Crippen molar-refractivity contribution in [2.45, 2.75) is 6.04 Å². The number of hydrogen-bond donors (Lipinski definition) is 2. The van der Waals surface area contributed by atoms with Crippen LogP contribution in [0.15, 0.2) is 36.7 Å². The van der Waals surface area contributed by atoms with Crippen molar-refractivity contribution in [3.63, 3.8) is 0 Å². The number of carbonyl (C=O) groups is 1. The Kier molecular flexibility index (Phi) is 4.82. The summed E-state index contributed by atoms with van der Waals surface area (Å²) < 4.78 is 26.9. The fourth-order valence-electron chi connectivity index (χ4n) is 1.76. The van der Waals surface area contributed by atoms with Crippen LogP contribution in [0.5, 0.6) is 0 Å². The van der Waals surface area contributed by atoms with Gasteiger partial charge in [-0.2, -0.15) is 0 Å². The minimum absolute atomic E-state index is 0.0676. The highest BCUT2D eigenvalue weighted by Gasteiger charge is 2.18. The largest absolute Gasteiger partial charge is 0.394 e. The third kappa shape index (κ3) is 3.53. The number of benzene rings is 1. The van der Waals surface area contributed by atoms with Gasteiger partial charge in [0.05, 0.1) is 29.4 Å². The fourth-order valence-corrected chi connectivity index (χ4v) is 1.88. The molecule has 1 aromatic heterocycles. The van der Waals surface area contributed by atoms with E-state index in [9.17, 15) is 18.7 Å². The Bertz CT molecular complexity index is 667. The van der Waals surface area contributed by atoms with Crippen molar-refractivity contribution < 1.29 is 18.7 Å². The van der Waals surface area contributed by atoms with Gasteiger partial charge in [0, 0.05) is 6.20 Å². The molecule has 1 atom stereocenters. The maximum Gasteiger partial charge on any atom is 0.254 e. The second kappa shape index (κ2) is 6.60. The van der Waals surface area contributed by atoms with Crippen LogP contribution in [0.2, 0.25) is 5.02 Å². The van der Waals surface area contributed by atoms with Crippen LogP contribution >= 0.6 is 11.6 Å². The molecular weight excluding hydrogens is 302 g/mol. The number of aromatic nitrogens is 1. The highest BCUT2D eigenvalue weighted by atomic mass is 35.5. The molecule has 110 valence electrons. The van der Waals surface area contributed by atoms with Crippen LogP contribution in [-0.4, -0.2) is 22.6 Å². The van der Waals surface area contributed by atoms with Crippen LogP contribution in [0.1, 0.15) is 22.0 Å². The first-order chi connectivity index (χ1) is 10.0. The number of aliphatic hydroxyl groups excluding tert-OH is 1. The molecule has 0 radical (unpaired) electrons. The van der Waals surface area contributed by atoms with Gasteiger partial charge < -0.3 is 10.4 Å². The van der Waals surface area contributed by atoms with Gasteiger partial charge in [0.1, 0.15) is 5.82 Å². The number of pyridine rings is 1. The van der Waals surface area contributed by atoms with Crippen molar-refractivity contribution in [2.24, 2.45) is 0 Å². The third-order valence-corrected chi connectivity index (χ3v) is 3.16. The average Bonchev–Trinajstić information content (AvgIpc) is 2.48. The van der Waals surface area contributed by atoms with Gasteiger partial charge in [-0.1, -0.05) is 17.7 Å². The molecule has 0 unspecified atom stereocenters. The molecular formula is C14H11ClF2N2O2. The van der Waals surface area contributed by atoms with E-state index in [1.54, 1.807) is 0 Å². The standard InChI is InChI=1S/C14H11ClF2N2O2/c15-10-2-1-8(5-11(10)16)13(7-20)19-14(21)9-3-4-18-6-12(9)17/h1-6,13,20H,7H2,(H,19,21)/t13-/m0/s1. The maximum atomic E-state index is 13.5. The van der Waals surface area contributed by atoms with Crippen LogP contribution in [0.4, 0.5) is 8.78 Å². The summed E-state index contributed by atoms with van der Waals surface area (Å²) in [5, 5.41) is 11.7. The predicted octanol–water partition coefficient (Wildman–Crippen LogP) is 2.48. The molecule has 2 N–H and O–H groups in total. The van der Waals surface area contributed by atoms with E-state index >= 15 is 0 Å². The van der Waals surface area contributed by atoms with Gasteiger partial charge in [0.15, 0.2) is 5.82 Å². The molecule has 2 aromatic rings. The van der Waals surface area contributed by atoms with Crippen LogP contribution in [0.3, 0.4) is 0 Å². The smallest absolute Gasteiger partial charge is 0.254 e. The zero-order valence-corrected chi connectivity index (χ0v) is 11.4. The molecule has 0 bridgehead atoms. The van der Waals surface area contributed by atoms with Crippen molar-refractivity contribution in [1.29, 1.82) is 0 Å². The maximum absolute atomic E-state index is 13.5. The summed E-state index contributed by atoms with van der Waals surface area (Å²) >= 11 is 5.57. The highest BCUT2D eigenvalue weighted by molar-refractivity contribution is 6.30. The first-order valence-corrected chi connectivity index (χ1v) is 6.37. The summed E-state index contributed by atoms with van der Waals surface area (Å²) in [6.07, 6.45) is 2.18. The predicted molar refractivity (Wildman–Crippen MR) is 72.9 cm³/mol. The van der Waals surface area contributed by atoms with Gasteiger partial charge in [0.2, 0.25) is 0 Å². The Balaban J connectivity index is 2.21. The van der Waals surface area contributed by atoms with Gasteiger partial charge in [-0.3, -0.25) is 9.78 Å². The Hall–Kier alpha value is -2.05. The quantitative estimate of drug-likeness (QED) is 0.911. The van der Waals surface area contributed by atoms with Crippen LogP contribution in [-0.2, 0) is 0 Å². The lowest BCUT2D eigenvalue weighted by atomic mass is 10.1. The number of nitrogens with zero attached hydrogens (tertiary/aromatic N) is 1. The van der Waals surface area contributed by atoms with E-state index in [0.717, 1.165) is 12.3 Å². The van der Waals surface area contributed by atoms with Gasteiger partial charge in [-0.15, -0.1) is 0 Å². The summed E-state index contributed by atoms with van der Waals surface area (Å²) in [6.45, 7) is -0.473. The van der Waals surface area contributed by atoms with E-state index in [2.05, 4.69) is 10.3 Å². The van der Waals surface area contributed by atoms with E-state index < -0.39 is 30.2 Å². The Morgan fingerprint density at radius 1 is 1.33 bits per heavy atom. The molecule has 0 aliphatic rings. The molecule has 21 heavy (non-hydrogen) atoms. The zero-order valence-electron chi connectivity index (χ0n) is 10.7. The third-order valence-electron chi connectivity index (χ3n) is 2.85. The lowest BCUT2D eigenvalue weighted by Gasteiger charge is -2.17. The number of aliphatic hydroxyl groups is 1. The Morgan fingerprint density at radius 2 is 2.10 bits per heavy atom. The summed E-state index contributed by atoms with van der Waals surface area (Å²) in [6, 6.07) is 4.22. The summed E-state index contributed by atoms with van der Waals surface area (Å²) in [5.74, 6) is -2.18. The van der Waals surface area contributed by atoms with Crippen LogP contribution < -0.4 is 5.32 Å². The SMILES string of the molecule is O=C(N[C@@H](CO)c1ccc(Cl)c(F)c1)c1ccncc1F. The average molecular weight is 313 g/mol. The van der Waals surface area contributed by atoms with Crippen molar-refractivity contribution in [3.05, 3.63) is 64.4 Å². The summed E-state index contributed by atoms with van der Waals surface area (Å²) in [7, 11) is 0. The minimum atomic E-state index is -0.878. The van der Waals surface area contributed by atoms with Gasteiger partial charge in [0.25, 0.3) is 5.91 Å². The van der Waals surface area contributed by atoms with E-state index in [1.807, 2.05) is 0 Å². The van der Waals surface area contributed by atoms with E-state index in [1.165, 1.54) is 24.4 Å². The number of rotatable bonds is 4. The summed E-state index contributed by atoms with van der Waals surface area (Å²) in [5.41, 5.74) is 0.111.